The van der Waals surface area contributed by atoms with E-state index < -0.39 is 17.7 Å². The first-order valence-corrected chi connectivity index (χ1v) is 5.95. The van der Waals surface area contributed by atoms with Crippen molar-refractivity contribution in [1.29, 1.82) is 0 Å². The first-order chi connectivity index (χ1) is 8.76. The van der Waals surface area contributed by atoms with E-state index in [9.17, 15) is 14.7 Å². The third-order valence-electron chi connectivity index (χ3n) is 2.48. The van der Waals surface area contributed by atoms with E-state index in [1.54, 1.807) is 39.0 Å². The van der Waals surface area contributed by atoms with Crippen molar-refractivity contribution in [2.24, 2.45) is 0 Å². The van der Waals surface area contributed by atoms with Crippen molar-refractivity contribution in [3.8, 4) is 5.75 Å². The lowest BCUT2D eigenvalue weighted by atomic mass is 10.1. The molecule has 5 heteroatoms. The minimum Gasteiger partial charge on any atom is -0.508 e. The molecule has 0 aliphatic carbocycles. The second-order valence-electron chi connectivity index (χ2n) is 5.23. The normalized spacial score (nSPS) is 12.6. The van der Waals surface area contributed by atoms with Gasteiger partial charge in [-0.15, -0.1) is 0 Å². The van der Waals surface area contributed by atoms with Gasteiger partial charge in [-0.25, -0.2) is 4.79 Å². The maximum absolute atomic E-state index is 11.9. The molecule has 0 bridgehead atoms. The quantitative estimate of drug-likeness (QED) is 0.853. The highest BCUT2D eigenvalue weighted by atomic mass is 16.6. The molecule has 1 atom stereocenters. The third-order valence-corrected chi connectivity index (χ3v) is 2.48. The standard InChI is InChI=1S/C14H19NO4/c1-14(2,3)19-13(18)15(4)11(9-16)10-7-5-6-8-12(10)17/h5-9,11,17H,1-4H3. The van der Waals surface area contributed by atoms with E-state index in [-0.39, 0.29) is 5.75 Å². The van der Waals surface area contributed by atoms with Crippen molar-refractivity contribution in [1.82, 2.24) is 4.90 Å². The van der Waals surface area contributed by atoms with Crippen molar-refractivity contribution in [2.75, 3.05) is 7.05 Å². The summed E-state index contributed by atoms with van der Waals surface area (Å²) in [6.07, 6.45) is -0.0215. The van der Waals surface area contributed by atoms with Gasteiger partial charge in [-0.2, -0.15) is 0 Å². The molecular weight excluding hydrogens is 246 g/mol. The number of aromatic hydroxyl groups is 1. The number of likely N-dealkylation sites (N-methyl/N-ethyl adjacent to an activating group) is 1. The monoisotopic (exact) mass is 265 g/mol. The van der Waals surface area contributed by atoms with E-state index in [1.807, 2.05) is 0 Å². The first-order valence-electron chi connectivity index (χ1n) is 5.95. The summed E-state index contributed by atoms with van der Waals surface area (Å²) < 4.78 is 5.19. The molecule has 1 amide bonds. The Balaban J connectivity index is 2.95. The minimum atomic E-state index is -0.879. The Morgan fingerprint density at radius 3 is 2.42 bits per heavy atom. The molecule has 1 aromatic rings. The van der Waals surface area contributed by atoms with Gasteiger partial charge in [-0.1, -0.05) is 18.2 Å². The number of aldehydes is 1. The molecule has 0 spiro atoms. The Morgan fingerprint density at radius 1 is 1.37 bits per heavy atom. The summed E-state index contributed by atoms with van der Waals surface area (Å²) in [5.41, 5.74) is -0.275. The lowest BCUT2D eigenvalue weighted by Crippen LogP contribution is -2.37. The highest BCUT2D eigenvalue weighted by molar-refractivity contribution is 5.75. The van der Waals surface area contributed by atoms with Crippen LogP contribution in [0.3, 0.4) is 0 Å². The maximum atomic E-state index is 11.9. The van der Waals surface area contributed by atoms with Gasteiger partial charge >= 0.3 is 6.09 Å². The Labute approximate surface area is 112 Å². The molecule has 0 fully saturated rings. The van der Waals surface area contributed by atoms with Gasteiger partial charge in [0.05, 0.1) is 0 Å². The number of nitrogens with zero attached hydrogens (tertiary/aromatic N) is 1. The number of carbonyl (C=O) groups excluding carboxylic acids is 2. The van der Waals surface area contributed by atoms with Gasteiger partial charge < -0.3 is 14.6 Å². The Hall–Kier alpha value is -2.04. The second kappa shape index (κ2) is 5.73. The Kier molecular flexibility index (Phi) is 4.53. The number of ether oxygens (including phenoxy) is 1. The van der Waals surface area contributed by atoms with Gasteiger partial charge in [0.1, 0.15) is 23.7 Å². The first kappa shape index (κ1) is 15.0. The van der Waals surface area contributed by atoms with Crippen LogP contribution in [0.2, 0.25) is 0 Å². The van der Waals surface area contributed by atoms with Gasteiger partial charge in [-0.05, 0) is 26.8 Å². The number of benzene rings is 1. The summed E-state index contributed by atoms with van der Waals surface area (Å²) in [5, 5.41) is 9.74. The van der Waals surface area contributed by atoms with Crippen LogP contribution in [-0.4, -0.2) is 35.0 Å². The third kappa shape index (κ3) is 3.98. The molecule has 0 aromatic heterocycles. The molecule has 1 rings (SSSR count). The maximum Gasteiger partial charge on any atom is 0.410 e. The molecule has 0 aliphatic rings. The summed E-state index contributed by atoms with van der Waals surface area (Å²) in [6.45, 7) is 5.23. The zero-order chi connectivity index (χ0) is 14.6. The highest BCUT2D eigenvalue weighted by Crippen LogP contribution is 2.27. The van der Waals surface area contributed by atoms with Crippen molar-refractivity contribution >= 4 is 12.4 Å². The zero-order valence-electron chi connectivity index (χ0n) is 11.6. The summed E-state index contributed by atoms with van der Waals surface area (Å²) in [7, 11) is 1.46. The van der Waals surface area contributed by atoms with Crippen molar-refractivity contribution < 1.29 is 19.4 Å². The second-order valence-corrected chi connectivity index (χ2v) is 5.23. The molecule has 0 radical (unpaired) electrons. The summed E-state index contributed by atoms with van der Waals surface area (Å²) in [6, 6.07) is 5.52. The van der Waals surface area contributed by atoms with E-state index >= 15 is 0 Å². The van der Waals surface area contributed by atoms with Crippen LogP contribution in [0.4, 0.5) is 4.79 Å². The van der Waals surface area contributed by atoms with Crippen LogP contribution >= 0.6 is 0 Å². The number of phenols is 1. The number of hydrogen-bond acceptors (Lipinski definition) is 4. The number of hydrogen-bond donors (Lipinski definition) is 1. The highest BCUT2D eigenvalue weighted by Gasteiger charge is 2.27. The molecule has 104 valence electrons. The van der Waals surface area contributed by atoms with Gasteiger partial charge in [0.15, 0.2) is 0 Å². The van der Waals surface area contributed by atoms with Crippen LogP contribution in [0.1, 0.15) is 32.4 Å². The molecule has 0 saturated carbocycles. The molecule has 1 unspecified atom stereocenters. The largest absolute Gasteiger partial charge is 0.508 e. The SMILES string of the molecule is CN(C(=O)OC(C)(C)C)C(C=O)c1ccccc1O. The Morgan fingerprint density at radius 2 is 1.95 bits per heavy atom. The molecular formula is C14H19NO4. The van der Waals surface area contributed by atoms with Crippen LogP contribution in [0, 0.1) is 0 Å². The number of amides is 1. The molecule has 19 heavy (non-hydrogen) atoms. The molecule has 0 saturated heterocycles. The Bertz CT molecular complexity index is 465. The fourth-order valence-corrected chi connectivity index (χ4v) is 1.56. The smallest absolute Gasteiger partial charge is 0.410 e. The van der Waals surface area contributed by atoms with Gasteiger partial charge in [0, 0.05) is 12.6 Å². The van der Waals surface area contributed by atoms with Crippen LogP contribution < -0.4 is 0 Å². The van der Waals surface area contributed by atoms with Crippen molar-refractivity contribution in [2.45, 2.75) is 32.4 Å². The van der Waals surface area contributed by atoms with Crippen LogP contribution in [-0.2, 0) is 9.53 Å². The molecule has 0 heterocycles. The number of carbonyl (C=O) groups is 2. The van der Waals surface area contributed by atoms with Crippen LogP contribution in [0.5, 0.6) is 5.75 Å². The number of phenolic OH excluding ortho intramolecular Hbond substituents is 1. The fourth-order valence-electron chi connectivity index (χ4n) is 1.56. The fraction of sp³-hybridized carbons (Fsp3) is 0.429. The molecule has 1 aromatic carbocycles. The van der Waals surface area contributed by atoms with Gasteiger partial charge in [0.25, 0.3) is 0 Å². The zero-order valence-corrected chi connectivity index (χ0v) is 11.6. The molecule has 0 aliphatic heterocycles. The minimum absolute atomic E-state index is 0.0324. The number of para-hydroxylation sites is 1. The summed E-state index contributed by atoms with van der Waals surface area (Å²) in [4.78, 5) is 24.3. The van der Waals surface area contributed by atoms with Crippen LogP contribution in [0.25, 0.3) is 0 Å². The average Bonchev–Trinajstić information content (AvgIpc) is 2.30. The van der Waals surface area contributed by atoms with E-state index in [4.69, 9.17) is 4.74 Å². The predicted molar refractivity (Wildman–Crippen MR) is 70.9 cm³/mol. The predicted octanol–water partition coefficient (Wildman–Crippen LogP) is 2.50. The van der Waals surface area contributed by atoms with Crippen LogP contribution in [0.15, 0.2) is 24.3 Å². The van der Waals surface area contributed by atoms with E-state index in [1.165, 1.54) is 13.1 Å². The van der Waals surface area contributed by atoms with E-state index in [2.05, 4.69) is 0 Å². The van der Waals surface area contributed by atoms with Gasteiger partial charge in [-0.3, -0.25) is 4.90 Å². The van der Waals surface area contributed by atoms with Crippen molar-refractivity contribution in [3.63, 3.8) is 0 Å². The molecule has 1 N–H and O–H groups in total. The van der Waals surface area contributed by atoms with Gasteiger partial charge in [0.2, 0.25) is 0 Å². The summed E-state index contributed by atoms with van der Waals surface area (Å²) >= 11 is 0. The summed E-state index contributed by atoms with van der Waals surface area (Å²) in [5.74, 6) is -0.0324. The lowest BCUT2D eigenvalue weighted by Gasteiger charge is -2.28. The number of rotatable bonds is 3. The lowest BCUT2D eigenvalue weighted by molar-refractivity contribution is -0.112. The average molecular weight is 265 g/mol. The van der Waals surface area contributed by atoms with E-state index in [0.717, 1.165) is 4.90 Å². The molecule has 5 nitrogen and oxygen atoms in total. The van der Waals surface area contributed by atoms with Crippen molar-refractivity contribution in [3.05, 3.63) is 29.8 Å². The topological polar surface area (TPSA) is 66.8 Å². The van der Waals surface area contributed by atoms with E-state index in [0.29, 0.717) is 11.8 Å².